The lowest BCUT2D eigenvalue weighted by molar-refractivity contribution is 0.329. The van der Waals surface area contributed by atoms with Crippen LogP contribution in [-0.2, 0) is 6.54 Å². The molecule has 0 radical (unpaired) electrons. The largest absolute Gasteiger partial charge is 0.492 e. The third kappa shape index (κ3) is 4.68. The third-order valence-corrected chi connectivity index (χ3v) is 7.32. The van der Waals surface area contributed by atoms with Crippen molar-refractivity contribution in [2.24, 2.45) is 0 Å². The Bertz CT molecular complexity index is 1260. The Morgan fingerprint density at radius 2 is 2.21 bits per heavy atom. The van der Waals surface area contributed by atoms with E-state index in [2.05, 4.69) is 45.8 Å². The topological polar surface area (TPSA) is 104 Å². The summed E-state index contributed by atoms with van der Waals surface area (Å²) in [4.78, 5) is 15.6. The zero-order chi connectivity index (χ0) is 22.8. The van der Waals surface area contributed by atoms with Crippen molar-refractivity contribution in [3.05, 3.63) is 36.9 Å². The van der Waals surface area contributed by atoms with Gasteiger partial charge in [0.2, 0.25) is 0 Å². The zero-order valence-electron chi connectivity index (χ0n) is 18.6. The fourth-order valence-electron chi connectivity index (χ4n) is 3.72. The summed E-state index contributed by atoms with van der Waals surface area (Å²) >= 11 is 3.37. The lowest BCUT2D eigenvalue weighted by Gasteiger charge is -2.19. The van der Waals surface area contributed by atoms with Crippen LogP contribution in [0.2, 0.25) is 0 Å². The minimum absolute atomic E-state index is 0.386. The molecule has 3 aromatic heterocycles. The fraction of sp³-hybridized carbons (Fsp3) is 0.348. The van der Waals surface area contributed by atoms with Gasteiger partial charge in [0.25, 0.3) is 0 Å². The number of rotatable bonds is 8. The molecule has 33 heavy (non-hydrogen) atoms. The van der Waals surface area contributed by atoms with E-state index >= 15 is 0 Å². The molecule has 3 N–H and O–H groups in total. The molecular weight excluding hydrogens is 456 g/mol. The van der Waals surface area contributed by atoms with Crippen LogP contribution in [0.25, 0.3) is 22.5 Å². The van der Waals surface area contributed by atoms with Crippen LogP contribution >= 0.6 is 23.5 Å². The van der Waals surface area contributed by atoms with Crippen LogP contribution in [0.4, 0.5) is 5.82 Å². The van der Waals surface area contributed by atoms with Gasteiger partial charge in [0.05, 0.1) is 17.8 Å². The fourth-order valence-corrected chi connectivity index (χ4v) is 5.62. The van der Waals surface area contributed by atoms with E-state index in [0.29, 0.717) is 24.0 Å². The Labute approximate surface area is 200 Å². The highest BCUT2D eigenvalue weighted by atomic mass is 32.2. The number of hydrogen-bond acceptors (Lipinski definition) is 9. The molecule has 5 rings (SSSR count). The van der Waals surface area contributed by atoms with Crippen LogP contribution in [0, 0.1) is 0 Å². The average molecular weight is 483 g/mol. The number of nitrogens with one attached hydrogen (secondary N) is 1. The molecule has 0 saturated carbocycles. The number of nitrogen functional groups attached to an aromatic ring is 1. The molecule has 1 aliphatic rings. The van der Waals surface area contributed by atoms with Crippen LogP contribution in [-0.4, -0.2) is 44.5 Å². The first-order valence-corrected chi connectivity index (χ1v) is 12.8. The summed E-state index contributed by atoms with van der Waals surface area (Å²) in [6.45, 7) is 6.67. The van der Waals surface area contributed by atoms with E-state index in [0.717, 1.165) is 62.9 Å². The molecule has 8 nitrogen and oxygen atoms in total. The molecule has 0 fully saturated rings. The van der Waals surface area contributed by atoms with Crippen LogP contribution in [0.3, 0.4) is 0 Å². The highest BCUT2D eigenvalue weighted by Crippen LogP contribution is 2.44. The second-order valence-electron chi connectivity index (χ2n) is 8.01. The molecule has 4 heterocycles. The molecule has 0 amide bonds. The minimum atomic E-state index is 0.386. The predicted octanol–water partition coefficient (Wildman–Crippen LogP) is 4.69. The highest BCUT2D eigenvalue weighted by Gasteiger charge is 2.22. The van der Waals surface area contributed by atoms with Gasteiger partial charge in [0.15, 0.2) is 22.1 Å². The van der Waals surface area contributed by atoms with Crippen molar-refractivity contribution in [3.8, 4) is 17.1 Å². The van der Waals surface area contributed by atoms with E-state index in [9.17, 15) is 0 Å². The summed E-state index contributed by atoms with van der Waals surface area (Å²) < 4.78 is 13.8. The second-order valence-corrected chi connectivity index (χ2v) is 10.2. The molecule has 0 bridgehead atoms. The SMILES string of the molecule is CC(C)NCCCn1c(Sc2cc3c(cc2-c2ccco2)SCCO3)nc2c(N)ncnc21. The first kappa shape index (κ1) is 22.1. The molecular formula is C23H26N6O2S2. The Morgan fingerprint density at radius 3 is 3.03 bits per heavy atom. The molecule has 0 spiro atoms. The van der Waals surface area contributed by atoms with E-state index in [1.54, 1.807) is 29.8 Å². The van der Waals surface area contributed by atoms with E-state index in [1.165, 1.54) is 6.33 Å². The molecule has 172 valence electrons. The molecule has 0 unspecified atom stereocenters. The van der Waals surface area contributed by atoms with Crippen LogP contribution in [0.5, 0.6) is 5.75 Å². The Kier molecular flexibility index (Phi) is 6.48. The maximum atomic E-state index is 6.14. The molecule has 0 atom stereocenters. The Morgan fingerprint density at radius 1 is 1.30 bits per heavy atom. The Balaban J connectivity index is 1.55. The van der Waals surface area contributed by atoms with Crippen LogP contribution in [0.15, 0.2) is 56.2 Å². The van der Waals surface area contributed by atoms with Crippen molar-refractivity contribution in [1.29, 1.82) is 0 Å². The number of aromatic nitrogens is 4. The number of nitrogens with zero attached hydrogens (tertiary/aromatic N) is 4. The number of nitrogens with two attached hydrogens (primary N) is 1. The van der Waals surface area contributed by atoms with E-state index in [4.69, 9.17) is 19.9 Å². The number of thioether (sulfide) groups is 1. The van der Waals surface area contributed by atoms with Gasteiger partial charge in [0.1, 0.15) is 17.8 Å². The maximum Gasteiger partial charge on any atom is 0.175 e. The van der Waals surface area contributed by atoms with Crippen molar-refractivity contribution in [3.63, 3.8) is 0 Å². The van der Waals surface area contributed by atoms with Gasteiger partial charge in [0, 0.05) is 28.8 Å². The van der Waals surface area contributed by atoms with Crippen molar-refractivity contribution in [1.82, 2.24) is 24.8 Å². The molecule has 0 saturated heterocycles. The van der Waals surface area contributed by atoms with E-state index < -0.39 is 0 Å². The molecule has 1 aliphatic heterocycles. The summed E-state index contributed by atoms with van der Waals surface area (Å²) in [7, 11) is 0. The lowest BCUT2D eigenvalue weighted by atomic mass is 10.1. The monoisotopic (exact) mass is 482 g/mol. The number of ether oxygens (including phenoxy) is 1. The zero-order valence-corrected chi connectivity index (χ0v) is 20.2. The maximum absolute atomic E-state index is 6.14. The van der Waals surface area contributed by atoms with Crippen LogP contribution in [0.1, 0.15) is 20.3 Å². The van der Waals surface area contributed by atoms with Gasteiger partial charge >= 0.3 is 0 Å². The lowest BCUT2D eigenvalue weighted by Crippen LogP contribution is -2.24. The first-order valence-electron chi connectivity index (χ1n) is 11.0. The van der Waals surface area contributed by atoms with Crippen molar-refractivity contribution in [2.75, 3.05) is 24.6 Å². The first-order chi connectivity index (χ1) is 16.1. The number of anilines is 1. The van der Waals surface area contributed by atoms with E-state index in [1.807, 2.05) is 12.1 Å². The number of furan rings is 1. The standard InChI is InChI=1S/C23H26N6O2S2/c1-14(2)25-6-4-7-29-22-20(21(24)26-13-27-22)28-23(29)33-18-12-17-19(32-10-9-31-17)11-15(18)16-5-3-8-30-16/h3,5,8,11-14,25H,4,6-7,9-10H2,1-2H3,(H2,24,26,27). The van der Waals surface area contributed by atoms with Crippen molar-refractivity contribution < 1.29 is 9.15 Å². The number of hydrogen-bond donors (Lipinski definition) is 2. The number of imidazole rings is 1. The molecule has 0 aliphatic carbocycles. The van der Waals surface area contributed by atoms with Gasteiger partial charge in [-0.15, -0.1) is 11.8 Å². The quantitative estimate of drug-likeness (QED) is 0.346. The summed E-state index contributed by atoms with van der Waals surface area (Å²) in [6, 6.07) is 8.56. The van der Waals surface area contributed by atoms with Gasteiger partial charge in [-0.05, 0) is 37.2 Å². The molecule has 4 aromatic rings. The molecule has 10 heteroatoms. The minimum Gasteiger partial charge on any atom is -0.492 e. The van der Waals surface area contributed by atoms with Gasteiger partial charge in [-0.3, -0.25) is 0 Å². The van der Waals surface area contributed by atoms with Gasteiger partial charge in [-0.25, -0.2) is 15.0 Å². The summed E-state index contributed by atoms with van der Waals surface area (Å²) in [5.74, 6) is 3.04. The van der Waals surface area contributed by atoms with Crippen LogP contribution < -0.4 is 15.8 Å². The number of fused-ring (bicyclic) bond motifs is 2. The van der Waals surface area contributed by atoms with E-state index in [-0.39, 0.29) is 0 Å². The summed E-state index contributed by atoms with van der Waals surface area (Å²) in [5, 5.41) is 4.29. The van der Waals surface area contributed by atoms with Crippen molar-refractivity contribution >= 4 is 40.5 Å². The van der Waals surface area contributed by atoms with Gasteiger partial charge < -0.3 is 24.8 Å². The number of aryl methyl sites for hydroxylation is 1. The average Bonchev–Trinajstić information content (AvgIpc) is 3.45. The summed E-state index contributed by atoms with van der Waals surface area (Å²) in [6.07, 6.45) is 4.13. The predicted molar refractivity (Wildman–Crippen MR) is 132 cm³/mol. The van der Waals surface area contributed by atoms with Gasteiger partial charge in [-0.2, -0.15) is 0 Å². The molecule has 1 aromatic carbocycles. The Hall–Kier alpha value is -2.69. The summed E-state index contributed by atoms with van der Waals surface area (Å²) in [5.41, 5.74) is 8.53. The third-order valence-electron chi connectivity index (χ3n) is 5.27. The number of benzene rings is 1. The second kappa shape index (κ2) is 9.66. The normalized spacial score (nSPS) is 13.4. The highest BCUT2D eigenvalue weighted by molar-refractivity contribution is 7.99. The smallest absolute Gasteiger partial charge is 0.175 e. The van der Waals surface area contributed by atoms with Gasteiger partial charge in [-0.1, -0.05) is 25.6 Å². The van der Waals surface area contributed by atoms with Crippen molar-refractivity contribution in [2.45, 2.75) is 47.8 Å².